The number of fused-ring (bicyclic) bond motifs is 1. The van der Waals surface area contributed by atoms with E-state index in [-0.39, 0.29) is 11.8 Å². The molecular weight excluding hydrogens is 268 g/mol. The first-order valence-corrected chi connectivity index (χ1v) is 7.14. The first-order chi connectivity index (χ1) is 10.2. The molecule has 0 saturated carbocycles. The maximum atomic E-state index is 12.0. The molecule has 0 aliphatic heterocycles. The molecule has 0 unspecified atom stereocenters. The molecule has 2 amide bonds. The van der Waals surface area contributed by atoms with Gasteiger partial charge in [0.25, 0.3) is 5.91 Å². The summed E-state index contributed by atoms with van der Waals surface area (Å²) in [5, 5.41) is 2.77. The SMILES string of the molecule is CCN(CC)C(=O)CCNC(=O)c1ccc2nc[nH]c2c1. The number of aromatic amines is 1. The van der Waals surface area contributed by atoms with Gasteiger partial charge in [-0.2, -0.15) is 0 Å². The van der Waals surface area contributed by atoms with Gasteiger partial charge >= 0.3 is 0 Å². The largest absolute Gasteiger partial charge is 0.352 e. The average Bonchev–Trinajstić information content (AvgIpc) is 2.95. The normalized spacial score (nSPS) is 10.6. The number of H-pyrrole nitrogens is 1. The van der Waals surface area contributed by atoms with E-state index in [9.17, 15) is 9.59 Å². The number of hydrogen-bond donors (Lipinski definition) is 2. The number of nitrogens with zero attached hydrogens (tertiary/aromatic N) is 2. The van der Waals surface area contributed by atoms with Crippen LogP contribution in [0.4, 0.5) is 0 Å². The molecular formula is C15H20N4O2. The predicted octanol–water partition coefficient (Wildman–Crippen LogP) is 1.55. The lowest BCUT2D eigenvalue weighted by Gasteiger charge is -2.18. The van der Waals surface area contributed by atoms with Crippen LogP contribution in [0.2, 0.25) is 0 Å². The molecule has 112 valence electrons. The van der Waals surface area contributed by atoms with E-state index >= 15 is 0 Å². The summed E-state index contributed by atoms with van der Waals surface area (Å²) < 4.78 is 0. The minimum Gasteiger partial charge on any atom is -0.352 e. The highest BCUT2D eigenvalue weighted by Crippen LogP contribution is 2.11. The molecule has 0 spiro atoms. The van der Waals surface area contributed by atoms with Crippen molar-refractivity contribution in [1.29, 1.82) is 0 Å². The summed E-state index contributed by atoms with van der Waals surface area (Å²) >= 11 is 0. The zero-order valence-electron chi connectivity index (χ0n) is 12.3. The number of nitrogens with one attached hydrogen (secondary N) is 2. The van der Waals surface area contributed by atoms with Gasteiger partial charge in [-0.25, -0.2) is 4.98 Å². The van der Waals surface area contributed by atoms with Gasteiger partial charge in [-0.3, -0.25) is 9.59 Å². The summed E-state index contributed by atoms with van der Waals surface area (Å²) in [7, 11) is 0. The van der Waals surface area contributed by atoms with Crippen LogP contribution in [0.5, 0.6) is 0 Å². The highest BCUT2D eigenvalue weighted by molar-refractivity contribution is 5.97. The molecule has 0 aliphatic carbocycles. The number of rotatable bonds is 6. The van der Waals surface area contributed by atoms with Crippen molar-refractivity contribution in [3.63, 3.8) is 0 Å². The van der Waals surface area contributed by atoms with Gasteiger partial charge in [0.2, 0.25) is 5.91 Å². The van der Waals surface area contributed by atoms with E-state index < -0.39 is 0 Å². The van der Waals surface area contributed by atoms with Gasteiger partial charge < -0.3 is 15.2 Å². The van der Waals surface area contributed by atoms with Gasteiger partial charge in [-0.1, -0.05) is 0 Å². The van der Waals surface area contributed by atoms with Crippen LogP contribution in [0.15, 0.2) is 24.5 Å². The van der Waals surface area contributed by atoms with E-state index in [1.165, 1.54) is 0 Å². The van der Waals surface area contributed by atoms with Crippen LogP contribution in [0.25, 0.3) is 11.0 Å². The Morgan fingerprint density at radius 2 is 2.05 bits per heavy atom. The molecule has 0 bridgehead atoms. The van der Waals surface area contributed by atoms with Gasteiger partial charge in [-0.15, -0.1) is 0 Å². The van der Waals surface area contributed by atoms with Crippen LogP contribution in [0, 0.1) is 0 Å². The number of benzene rings is 1. The second kappa shape index (κ2) is 6.88. The van der Waals surface area contributed by atoms with Crippen molar-refractivity contribution in [3.05, 3.63) is 30.1 Å². The molecule has 1 heterocycles. The van der Waals surface area contributed by atoms with Gasteiger partial charge in [-0.05, 0) is 32.0 Å². The monoisotopic (exact) mass is 288 g/mol. The Morgan fingerprint density at radius 1 is 1.29 bits per heavy atom. The maximum absolute atomic E-state index is 12.0. The fourth-order valence-corrected chi connectivity index (χ4v) is 2.20. The van der Waals surface area contributed by atoms with E-state index in [0.717, 1.165) is 11.0 Å². The molecule has 2 N–H and O–H groups in total. The lowest BCUT2D eigenvalue weighted by atomic mass is 10.2. The Morgan fingerprint density at radius 3 is 2.76 bits per heavy atom. The highest BCUT2D eigenvalue weighted by Gasteiger charge is 2.11. The zero-order valence-corrected chi connectivity index (χ0v) is 12.3. The number of imidazole rings is 1. The third-order valence-electron chi connectivity index (χ3n) is 3.42. The number of amides is 2. The van der Waals surface area contributed by atoms with Gasteiger partial charge in [0.05, 0.1) is 17.4 Å². The number of carbonyl (C=O) groups is 2. The second-order valence-electron chi connectivity index (χ2n) is 4.71. The molecule has 0 fully saturated rings. The van der Waals surface area contributed by atoms with Crippen molar-refractivity contribution in [2.45, 2.75) is 20.3 Å². The van der Waals surface area contributed by atoms with Crippen LogP contribution in [-0.2, 0) is 4.79 Å². The fourth-order valence-electron chi connectivity index (χ4n) is 2.20. The van der Waals surface area contributed by atoms with Crippen LogP contribution in [0.1, 0.15) is 30.6 Å². The van der Waals surface area contributed by atoms with E-state index in [4.69, 9.17) is 0 Å². The molecule has 0 aliphatic rings. The second-order valence-corrected chi connectivity index (χ2v) is 4.71. The summed E-state index contributed by atoms with van der Waals surface area (Å²) in [5.74, 6) is -0.122. The summed E-state index contributed by atoms with van der Waals surface area (Å²) in [4.78, 5) is 32.7. The van der Waals surface area contributed by atoms with Crippen LogP contribution in [-0.4, -0.2) is 46.3 Å². The average molecular weight is 288 g/mol. The van der Waals surface area contributed by atoms with E-state index in [2.05, 4.69) is 15.3 Å². The van der Waals surface area contributed by atoms with E-state index in [0.29, 0.717) is 31.6 Å². The zero-order chi connectivity index (χ0) is 15.2. The summed E-state index contributed by atoms with van der Waals surface area (Å²) in [6.45, 7) is 5.62. The number of carbonyl (C=O) groups excluding carboxylic acids is 2. The molecule has 21 heavy (non-hydrogen) atoms. The Kier molecular flexibility index (Phi) is 4.92. The quantitative estimate of drug-likeness (QED) is 0.846. The molecule has 1 aromatic carbocycles. The molecule has 0 radical (unpaired) electrons. The molecule has 2 rings (SSSR count). The van der Waals surface area contributed by atoms with Crippen LogP contribution in [0.3, 0.4) is 0 Å². The lowest BCUT2D eigenvalue weighted by molar-refractivity contribution is -0.130. The first-order valence-electron chi connectivity index (χ1n) is 7.14. The van der Waals surface area contributed by atoms with Gasteiger partial charge in [0.1, 0.15) is 0 Å². The standard InChI is InChI=1S/C15H20N4O2/c1-3-19(4-2)14(20)7-8-16-15(21)11-5-6-12-13(9-11)18-10-17-12/h5-6,9-10H,3-4,7-8H2,1-2H3,(H,16,21)(H,17,18). The summed E-state index contributed by atoms with van der Waals surface area (Å²) in [6, 6.07) is 5.27. The topological polar surface area (TPSA) is 78.1 Å². The molecule has 2 aromatic rings. The van der Waals surface area contributed by atoms with Crippen molar-refractivity contribution < 1.29 is 9.59 Å². The predicted molar refractivity (Wildman–Crippen MR) is 81.0 cm³/mol. The smallest absolute Gasteiger partial charge is 0.251 e. The van der Waals surface area contributed by atoms with Crippen molar-refractivity contribution in [1.82, 2.24) is 20.2 Å². The summed E-state index contributed by atoms with van der Waals surface area (Å²) in [6.07, 6.45) is 1.91. The Hall–Kier alpha value is -2.37. The third kappa shape index (κ3) is 3.59. The van der Waals surface area contributed by atoms with E-state index in [1.807, 2.05) is 13.8 Å². The minimum atomic E-state index is -0.182. The first kappa shape index (κ1) is 15.0. The van der Waals surface area contributed by atoms with E-state index in [1.54, 1.807) is 29.4 Å². The molecule has 6 heteroatoms. The van der Waals surface area contributed by atoms with Crippen molar-refractivity contribution in [3.8, 4) is 0 Å². The Bertz CT molecular complexity index is 631. The fraction of sp³-hybridized carbons (Fsp3) is 0.400. The molecule has 1 aromatic heterocycles. The molecule has 0 saturated heterocycles. The van der Waals surface area contributed by atoms with Crippen LogP contribution < -0.4 is 5.32 Å². The summed E-state index contributed by atoms with van der Waals surface area (Å²) in [5.41, 5.74) is 2.20. The molecule has 6 nitrogen and oxygen atoms in total. The van der Waals surface area contributed by atoms with Gasteiger partial charge in [0, 0.05) is 31.6 Å². The van der Waals surface area contributed by atoms with Crippen molar-refractivity contribution in [2.75, 3.05) is 19.6 Å². The third-order valence-corrected chi connectivity index (χ3v) is 3.42. The number of aromatic nitrogens is 2. The lowest BCUT2D eigenvalue weighted by Crippen LogP contribution is -2.34. The highest BCUT2D eigenvalue weighted by atomic mass is 16.2. The Balaban J connectivity index is 1.88. The minimum absolute atomic E-state index is 0.0596. The maximum Gasteiger partial charge on any atom is 0.251 e. The van der Waals surface area contributed by atoms with Crippen LogP contribution >= 0.6 is 0 Å². The van der Waals surface area contributed by atoms with Gasteiger partial charge in [0.15, 0.2) is 0 Å². The Labute approximate surface area is 123 Å². The number of hydrogen-bond acceptors (Lipinski definition) is 3. The van der Waals surface area contributed by atoms with Crippen molar-refractivity contribution in [2.24, 2.45) is 0 Å². The van der Waals surface area contributed by atoms with Crippen molar-refractivity contribution >= 4 is 22.8 Å². The molecule has 0 atom stereocenters.